The summed E-state index contributed by atoms with van der Waals surface area (Å²) in [4.78, 5) is 8.57. The Labute approximate surface area is 159 Å². The second kappa shape index (κ2) is 6.70. The number of aromatic nitrogens is 3. The van der Waals surface area contributed by atoms with Gasteiger partial charge in [0.05, 0.1) is 10.9 Å². The molecule has 0 spiro atoms. The lowest BCUT2D eigenvalue weighted by atomic mass is 9.95. The van der Waals surface area contributed by atoms with Gasteiger partial charge in [0.15, 0.2) is 0 Å². The number of benzene rings is 1. The fourth-order valence-electron chi connectivity index (χ4n) is 3.49. The molecule has 0 unspecified atom stereocenters. The maximum atomic E-state index is 10.8. The summed E-state index contributed by atoms with van der Waals surface area (Å²) >= 11 is 5.05. The highest BCUT2D eigenvalue weighted by molar-refractivity contribution is 9.10. The number of likely N-dealkylation sites (tertiary alicyclic amines) is 1. The standard InChI is InChI=1S/C18H21BrN4OS/c1-11-7-9-22(10-8-11)15(13-3-5-14(19)6-4-13)16-17(24)23-18(25-16)20-12(2)21-23/h3-6,11,15,24H,7-10H2,1-2H3/t15-/m0/s1. The molecular formula is C18H21BrN4OS. The molecule has 7 heteroatoms. The number of rotatable bonds is 3. The van der Waals surface area contributed by atoms with E-state index in [1.165, 1.54) is 29.7 Å². The lowest BCUT2D eigenvalue weighted by Crippen LogP contribution is -2.36. The van der Waals surface area contributed by atoms with E-state index in [1.54, 1.807) is 4.52 Å². The van der Waals surface area contributed by atoms with Crippen LogP contribution in [0.3, 0.4) is 0 Å². The van der Waals surface area contributed by atoms with Crippen LogP contribution in [0.1, 0.15) is 42.1 Å². The van der Waals surface area contributed by atoms with Crippen molar-refractivity contribution in [2.24, 2.45) is 5.92 Å². The van der Waals surface area contributed by atoms with E-state index in [-0.39, 0.29) is 11.9 Å². The molecule has 1 atom stereocenters. The van der Waals surface area contributed by atoms with E-state index in [9.17, 15) is 5.11 Å². The van der Waals surface area contributed by atoms with Gasteiger partial charge in [0.2, 0.25) is 10.8 Å². The fraction of sp³-hybridized carbons (Fsp3) is 0.444. The molecular weight excluding hydrogens is 400 g/mol. The van der Waals surface area contributed by atoms with Gasteiger partial charge in [0, 0.05) is 4.47 Å². The number of hydrogen-bond acceptors (Lipinski definition) is 5. The number of piperidine rings is 1. The molecule has 1 N–H and O–H groups in total. The molecule has 0 amide bonds. The minimum absolute atomic E-state index is 0.0365. The predicted octanol–water partition coefficient (Wildman–Crippen LogP) is 4.39. The van der Waals surface area contributed by atoms with Crippen LogP contribution in [0.4, 0.5) is 0 Å². The first-order valence-corrected chi connectivity index (χ1v) is 10.2. The number of aryl methyl sites for hydroxylation is 1. The molecule has 2 aromatic heterocycles. The van der Waals surface area contributed by atoms with E-state index in [0.29, 0.717) is 5.82 Å². The van der Waals surface area contributed by atoms with E-state index in [4.69, 9.17) is 0 Å². The second-order valence-electron chi connectivity index (χ2n) is 6.82. The van der Waals surface area contributed by atoms with Gasteiger partial charge in [-0.15, -0.1) is 5.10 Å². The van der Waals surface area contributed by atoms with Gasteiger partial charge in [0.1, 0.15) is 5.82 Å². The lowest BCUT2D eigenvalue weighted by Gasteiger charge is -2.36. The van der Waals surface area contributed by atoms with Crippen molar-refractivity contribution in [2.75, 3.05) is 13.1 Å². The van der Waals surface area contributed by atoms with Crippen LogP contribution in [0.5, 0.6) is 5.88 Å². The average Bonchev–Trinajstić information content (AvgIpc) is 3.09. The van der Waals surface area contributed by atoms with E-state index in [2.05, 4.69) is 62.1 Å². The van der Waals surface area contributed by atoms with Crippen molar-refractivity contribution in [3.05, 3.63) is 45.0 Å². The van der Waals surface area contributed by atoms with Crippen LogP contribution in [0.25, 0.3) is 4.96 Å². The van der Waals surface area contributed by atoms with E-state index in [0.717, 1.165) is 33.3 Å². The predicted molar refractivity (Wildman–Crippen MR) is 103 cm³/mol. The monoisotopic (exact) mass is 420 g/mol. The summed E-state index contributed by atoms with van der Waals surface area (Å²) < 4.78 is 2.62. The zero-order valence-corrected chi connectivity index (χ0v) is 16.7. The third-order valence-electron chi connectivity index (χ3n) is 4.92. The second-order valence-corrected chi connectivity index (χ2v) is 8.74. The first kappa shape index (κ1) is 17.0. The molecule has 1 aromatic carbocycles. The van der Waals surface area contributed by atoms with Crippen LogP contribution in [0.2, 0.25) is 0 Å². The Morgan fingerprint density at radius 1 is 1.24 bits per heavy atom. The van der Waals surface area contributed by atoms with Gasteiger partial charge in [-0.25, -0.2) is 4.98 Å². The maximum Gasteiger partial charge on any atom is 0.230 e. The lowest BCUT2D eigenvalue weighted by molar-refractivity contribution is 0.157. The van der Waals surface area contributed by atoms with Crippen molar-refractivity contribution in [1.82, 2.24) is 19.5 Å². The summed E-state index contributed by atoms with van der Waals surface area (Å²) in [5.41, 5.74) is 1.19. The van der Waals surface area contributed by atoms with Gasteiger partial charge in [-0.3, -0.25) is 4.90 Å². The summed E-state index contributed by atoms with van der Waals surface area (Å²) in [5, 5.41) is 15.1. The summed E-state index contributed by atoms with van der Waals surface area (Å²) in [7, 11) is 0. The normalized spacial score (nSPS) is 18.0. The van der Waals surface area contributed by atoms with Crippen LogP contribution in [0, 0.1) is 12.8 Å². The van der Waals surface area contributed by atoms with Crippen molar-refractivity contribution in [1.29, 1.82) is 0 Å². The zero-order chi connectivity index (χ0) is 17.6. The van der Waals surface area contributed by atoms with Gasteiger partial charge in [-0.05, 0) is 56.5 Å². The Balaban J connectivity index is 1.79. The number of hydrogen-bond donors (Lipinski definition) is 1. The summed E-state index contributed by atoms with van der Waals surface area (Å²) in [5.74, 6) is 1.66. The van der Waals surface area contributed by atoms with Crippen molar-refractivity contribution in [3.8, 4) is 5.88 Å². The molecule has 3 heterocycles. The Kier molecular flexibility index (Phi) is 4.56. The van der Waals surface area contributed by atoms with Gasteiger partial charge >= 0.3 is 0 Å². The van der Waals surface area contributed by atoms with E-state index >= 15 is 0 Å². The molecule has 1 saturated heterocycles. The molecule has 0 saturated carbocycles. The van der Waals surface area contributed by atoms with Crippen molar-refractivity contribution in [3.63, 3.8) is 0 Å². The third kappa shape index (κ3) is 3.20. The van der Waals surface area contributed by atoms with Gasteiger partial charge < -0.3 is 5.11 Å². The van der Waals surface area contributed by atoms with Crippen molar-refractivity contribution >= 4 is 32.2 Å². The Morgan fingerprint density at radius 2 is 1.92 bits per heavy atom. The molecule has 25 heavy (non-hydrogen) atoms. The molecule has 0 aliphatic carbocycles. The van der Waals surface area contributed by atoms with Crippen molar-refractivity contribution in [2.45, 2.75) is 32.7 Å². The molecule has 0 bridgehead atoms. The molecule has 132 valence electrons. The SMILES string of the molecule is Cc1nc2sc([C@H](c3ccc(Br)cc3)N3CCC(C)CC3)c(O)n2n1. The number of thiazole rings is 1. The van der Waals surface area contributed by atoms with Gasteiger partial charge in [0.25, 0.3) is 0 Å². The van der Waals surface area contributed by atoms with E-state index < -0.39 is 0 Å². The van der Waals surface area contributed by atoms with Gasteiger partial charge in [-0.2, -0.15) is 4.52 Å². The minimum atomic E-state index is 0.0365. The number of nitrogens with zero attached hydrogens (tertiary/aromatic N) is 4. The molecule has 4 rings (SSSR count). The number of aromatic hydroxyl groups is 1. The van der Waals surface area contributed by atoms with Crippen LogP contribution >= 0.6 is 27.3 Å². The summed E-state index contributed by atoms with van der Waals surface area (Å²) in [6.07, 6.45) is 2.38. The Hall–Kier alpha value is -1.44. The number of fused-ring (bicyclic) bond motifs is 1. The molecule has 3 aromatic rings. The largest absolute Gasteiger partial charge is 0.492 e. The highest BCUT2D eigenvalue weighted by Gasteiger charge is 2.31. The smallest absolute Gasteiger partial charge is 0.230 e. The van der Waals surface area contributed by atoms with Crippen LogP contribution in [0.15, 0.2) is 28.7 Å². The van der Waals surface area contributed by atoms with Crippen LogP contribution < -0.4 is 0 Å². The van der Waals surface area contributed by atoms with Crippen LogP contribution in [-0.2, 0) is 0 Å². The van der Waals surface area contributed by atoms with Crippen LogP contribution in [-0.4, -0.2) is 37.7 Å². The minimum Gasteiger partial charge on any atom is -0.492 e. The Bertz CT molecular complexity index is 881. The summed E-state index contributed by atoms with van der Waals surface area (Å²) in [6, 6.07) is 8.43. The molecule has 1 fully saturated rings. The topological polar surface area (TPSA) is 53.7 Å². The number of halogens is 1. The summed E-state index contributed by atoms with van der Waals surface area (Å²) in [6.45, 7) is 6.23. The Morgan fingerprint density at radius 3 is 2.56 bits per heavy atom. The first-order valence-electron chi connectivity index (χ1n) is 8.57. The highest BCUT2D eigenvalue weighted by Crippen LogP contribution is 2.41. The quantitative estimate of drug-likeness (QED) is 0.682. The first-order chi connectivity index (χ1) is 12.0. The highest BCUT2D eigenvalue weighted by atomic mass is 79.9. The maximum absolute atomic E-state index is 10.8. The molecule has 5 nitrogen and oxygen atoms in total. The molecule has 0 radical (unpaired) electrons. The third-order valence-corrected chi connectivity index (χ3v) is 6.52. The van der Waals surface area contributed by atoms with E-state index in [1.807, 2.05) is 6.92 Å². The molecule has 1 aliphatic heterocycles. The fourth-order valence-corrected chi connectivity index (χ4v) is 4.91. The molecule has 1 aliphatic rings. The van der Waals surface area contributed by atoms with Crippen molar-refractivity contribution < 1.29 is 5.11 Å². The van der Waals surface area contributed by atoms with Gasteiger partial charge in [-0.1, -0.05) is 46.3 Å². The average molecular weight is 421 g/mol. The zero-order valence-electron chi connectivity index (χ0n) is 14.3.